The molecule has 7 heteroatoms. The molecule has 2 aromatic rings. The standard InChI is InChI=1S/C22H22N2O5/c1-14-12-24(22(29)19(20(14)27)21(28)23-11-18(25)26)13-15-7-9-17(10-8-15)16-5-3-2-4-6-16/h2-10,14,19H,11-13H2,1H3,(H,23,28)(H,25,26). The third-order valence-corrected chi connectivity index (χ3v) is 4.93. The van der Waals surface area contributed by atoms with Gasteiger partial charge in [0.2, 0.25) is 11.8 Å². The van der Waals surface area contributed by atoms with Gasteiger partial charge >= 0.3 is 5.97 Å². The van der Waals surface area contributed by atoms with E-state index in [0.29, 0.717) is 0 Å². The SMILES string of the molecule is CC1CN(Cc2ccc(-c3ccccc3)cc2)C(=O)C(C(=O)NCC(=O)O)C1=O. The Bertz CT molecular complexity index is 924. The minimum Gasteiger partial charge on any atom is -0.480 e. The van der Waals surface area contributed by atoms with Crippen LogP contribution in [0.3, 0.4) is 0 Å². The van der Waals surface area contributed by atoms with E-state index < -0.39 is 41.9 Å². The topological polar surface area (TPSA) is 104 Å². The second-order valence-electron chi connectivity index (χ2n) is 7.13. The van der Waals surface area contributed by atoms with E-state index in [4.69, 9.17) is 5.11 Å². The zero-order chi connectivity index (χ0) is 21.0. The van der Waals surface area contributed by atoms with Crippen LogP contribution in [0.1, 0.15) is 12.5 Å². The number of nitrogens with one attached hydrogen (secondary N) is 1. The molecule has 1 heterocycles. The Balaban J connectivity index is 1.73. The molecule has 2 aromatic carbocycles. The summed E-state index contributed by atoms with van der Waals surface area (Å²) in [6.07, 6.45) is 0. The maximum atomic E-state index is 12.8. The number of aliphatic carboxylic acids is 1. The molecule has 3 rings (SSSR count). The van der Waals surface area contributed by atoms with Gasteiger partial charge in [-0.05, 0) is 16.7 Å². The lowest BCUT2D eigenvalue weighted by molar-refractivity contribution is -0.155. The van der Waals surface area contributed by atoms with Crippen molar-refractivity contribution in [3.63, 3.8) is 0 Å². The Hall–Kier alpha value is -3.48. The molecular weight excluding hydrogens is 372 g/mol. The zero-order valence-corrected chi connectivity index (χ0v) is 16.0. The number of carbonyl (C=O) groups excluding carboxylic acids is 3. The quantitative estimate of drug-likeness (QED) is 0.726. The molecular formula is C22H22N2O5. The molecule has 1 fully saturated rings. The summed E-state index contributed by atoms with van der Waals surface area (Å²) in [6.45, 7) is 1.53. The van der Waals surface area contributed by atoms with Crippen LogP contribution >= 0.6 is 0 Å². The molecule has 2 atom stereocenters. The Morgan fingerprint density at radius 1 is 1.03 bits per heavy atom. The van der Waals surface area contributed by atoms with Crippen molar-refractivity contribution >= 4 is 23.6 Å². The highest BCUT2D eigenvalue weighted by Crippen LogP contribution is 2.24. The highest BCUT2D eigenvalue weighted by Gasteiger charge is 2.44. The first-order valence-electron chi connectivity index (χ1n) is 9.33. The number of nitrogens with zero attached hydrogens (tertiary/aromatic N) is 1. The van der Waals surface area contributed by atoms with Crippen molar-refractivity contribution in [3.05, 3.63) is 60.2 Å². The molecule has 1 saturated heterocycles. The van der Waals surface area contributed by atoms with Crippen LogP contribution < -0.4 is 5.32 Å². The molecule has 0 saturated carbocycles. The summed E-state index contributed by atoms with van der Waals surface area (Å²) in [4.78, 5) is 49.5. The third-order valence-electron chi connectivity index (χ3n) is 4.93. The van der Waals surface area contributed by atoms with Gasteiger partial charge in [-0.3, -0.25) is 19.2 Å². The fraction of sp³-hybridized carbons (Fsp3) is 0.273. The van der Waals surface area contributed by atoms with Gasteiger partial charge in [-0.15, -0.1) is 0 Å². The summed E-state index contributed by atoms with van der Waals surface area (Å²) in [5.74, 6) is -5.17. The number of Topliss-reactive ketones (excluding diaryl/α,β-unsaturated/α-hetero) is 1. The van der Waals surface area contributed by atoms with Crippen LogP contribution in [0.5, 0.6) is 0 Å². The van der Waals surface area contributed by atoms with E-state index in [1.165, 1.54) is 4.90 Å². The molecule has 29 heavy (non-hydrogen) atoms. The minimum absolute atomic E-state index is 0.223. The first-order valence-corrected chi connectivity index (χ1v) is 9.33. The number of carboxylic acid groups (broad SMARTS) is 1. The molecule has 2 N–H and O–H groups in total. The number of carboxylic acids is 1. The lowest BCUT2D eigenvalue weighted by Gasteiger charge is -2.34. The summed E-state index contributed by atoms with van der Waals surface area (Å²) >= 11 is 0. The highest BCUT2D eigenvalue weighted by molar-refractivity contribution is 6.20. The molecule has 2 unspecified atom stereocenters. The van der Waals surface area contributed by atoms with Gasteiger partial charge in [0.05, 0.1) is 0 Å². The van der Waals surface area contributed by atoms with Crippen molar-refractivity contribution in [1.82, 2.24) is 10.2 Å². The largest absolute Gasteiger partial charge is 0.480 e. The second-order valence-corrected chi connectivity index (χ2v) is 7.13. The van der Waals surface area contributed by atoms with Gasteiger partial charge in [-0.2, -0.15) is 0 Å². The normalized spacial score (nSPS) is 19.1. The van der Waals surface area contributed by atoms with Crippen molar-refractivity contribution in [2.45, 2.75) is 13.5 Å². The molecule has 0 radical (unpaired) electrons. The van der Waals surface area contributed by atoms with Gasteiger partial charge in [-0.25, -0.2) is 0 Å². The second kappa shape index (κ2) is 8.68. The zero-order valence-electron chi connectivity index (χ0n) is 16.0. The molecule has 1 aliphatic heterocycles. The number of benzene rings is 2. The predicted octanol–water partition coefficient (Wildman–Crippen LogP) is 1.72. The molecule has 1 aliphatic rings. The Labute approximate surface area is 168 Å². The summed E-state index contributed by atoms with van der Waals surface area (Å²) < 4.78 is 0. The Kier molecular flexibility index (Phi) is 6.07. The summed E-state index contributed by atoms with van der Waals surface area (Å²) in [5.41, 5.74) is 3.01. The van der Waals surface area contributed by atoms with Crippen LogP contribution in [-0.2, 0) is 25.7 Å². The molecule has 7 nitrogen and oxygen atoms in total. The van der Waals surface area contributed by atoms with Crippen LogP contribution in [0.2, 0.25) is 0 Å². The van der Waals surface area contributed by atoms with E-state index >= 15 is 0 Å². The van der Waals surface area contributed by atoms with Gasteiger partial charge in [0, 0.05) is 19.0 Å². The summed E-state index contributed by atoms with van der Waals surface area (Å²) in [5, 5.41) is 10.8. The molecule has 150 valence electrons. The molecule has 2 amide bonds. The molecule has 0 aliphatic carbocycles. The molecule has 0 spiro atoms. The lowest BCUT2D eigenvalue weighted by Crippen LogP contribution is -2.55. The molecule has 0 bridgehead atoms. The number of rotatable bonds is 6. The van der Waals surface area contributed by atoms with Crippen molar-refractivity contribution in [2.24, 2.45) is 11.8 Å². The predicted molar refractivity (Wildman–Crippen MR) is 106 cm³/mol. The average Bonchev–Trinajstić information content (AvgIpc) is 2.72. The number of hydrogen-bond acceptors (Lipinski definition) is 4. The van der Waals surface area contributed by atoms with E-state index in [1.54, 1.807) is 6.92 Å². The van der Waals surface area contributed by atoms with Crippen LogP contribution in [0.15, 0.2) is 54.6 Å². The van der Waals surface area contributed by atoms with E-state index in [1.807, 2.05) is 54.6 Å². The van der Waals surface area contributed by atoms with Gasteiger partial charge in [-0.1, -0.05) is 61.5 Å². The van der Waals surface area contributed by atoms with Crippen LogP contribution in [0.4, 0.5) is 0 Å². The Morgan fingerprint density at radius 2 is 1.66 bits per heavy atom. The van der Waals surface area contributed by atoms with Gasteiger partial charge in [0.1, 0.15) is 6.54 Å². The monoisotopic (exact) mass is 394 g/mol. The van der Waals surface area contributed by atoms with Gasteiger partial charge in [0.25, 0.3) is 0 Å². The van der Waals surface area contributed by atoms with Crippen molar-refractivity contribution < 1.29 is 24.3 Å². The minimum atomic E-state index is -1.50. The van der Waals surface area contributed by atoms with E-state index in [-0.39, 0.29) is 13.1 Å². The first-order chi connectivity index (χ1) is 13.9. The number of likely N-dealkylation sites (tertiary alicyclic amines) is 1. The van der Waals surface area contributed by atoms with E-state index in [2.05, 4.69) is 5.32 Å². The van der Waals surface area contributed by atoms with Gasteiger partial charge < -0.3 is 15.3 Å². The van der Waals surface area contributed by atoms with Gasteiger partial charge in [0.15, 0.2) is 11.7 Å². The lowest BCUT2D eigenvalue weighted by atomic mass is 9.87. The number of piperidine rings is 1. The van der Waals surface area contributed by atoms with Crippen molar-refractivity contribution in [1.29, 1.82) is 0 Å². The number of carbonyl (C=O) groups is 4. The maximum absolute atomic E-state index is 12.8. The number of ketones is 1. The smallest absolute Gasteiger partial charge is 0.322 e. The number of hydrogen-bond donors (Lipinski definition) is 2. The average molecular weight is 394 g/mol. The van der Waals surface area contributed by atoms with Crippen LogP contribution in [0.25, 0.3) is 11.1 Å². The maximum Gasteiger partial charge on any atom is 0.322 e. The molecule has 0 aromatic heterocycles. The van der Waals surface area contributed by atoms with E-state index in [9.17, 15) is 19.2 Å². The van der Waals surface area contributed by atoms with Crippen molar-refractivity contribution in [2.75, 3.05) is 13.1 Å². The summed E-state index contributed by atoms with van der Waals surface area (Å²) in [7, 11) is 0. The Morgan fingerprint density at radius 3 is 2.28 bits per heavy atom. The number of amides is 2. The first kappa shape index (κ1) is 20.3. The van der Waals surface area contributed by atoms with Crippen LogP contribution in [0, 0.1) is 11.8 Å². The van der Waals surface area contributed by atoms with Crippen LogP contribution in [-0.4, -0.2) is 46.7 Å². The highest BCUT2D eigenvalue weighted by atomic mass is 16.4. The third kappa shape index (κ3) is 4.68. The van der Waals surface area contributed by atoms with Crippen molar-refractivity contribution in [3.8, 4) is 11.1 Å². The van der Waals surface area contributed by atoms with E-state index in [0.717, 1.165) is 16.7 Å². The fourth-order valence-corrected chi connectivity index (χ4v) is 3.40. The summed E-state index contributed by atoms with van der Waals surface area (Å²) in [6, 6.07) is 17.6. The fourth-order valence-electron chi connectivity index (χ4n) is 3.40.